The molecule has 0 bridgehead atoms. The fourth-order valence-corrected chi connectivity index (χ4v) is 7.50. The van der Waals surface area contributed by atoms with Crippen molar-refractivity contribution in [3.8, 4) is 0 Å². The summed E-state index contributed by atoms with van der Waals surface area (Å²) in [4.78, 5) is 31.0. The first-order valence-corrected chi connectivity index (χ1v) is 14.0. The number of nitrogens with zero attached hydrogens (tertiary/aromatic N) is 3. The van der Waals surface area contributed by atoms with Gasteiger partial charge in [-0.2, -0.15) is 4.31 Å². The fourth-order valence-electron chi connectivity index (χ4n) is 5.04. The smallest absolute Gasteiger partial charge is 0.243 e. The molecule has 0 radical (unpaired) electrons. The molecule has 33 heavy (non-hydrogen) atoms. The van der Waals surface area contributed by atoms with Gasteiger partial charge in [-0.15, -0.1) is 11.3 Å². The molecule has 176 valence electrons. The molecular weight excluding hydrogens is 458 g/mol. The van der Waals surface area contributed by atoms with Gasteiger partial charge < -0.3 is 9.80 Å². The Balaban J connectivity index is 1.24. The minimum atomic E-state index is -3.48. The number of carbonyl (C=O) groups excluding carboxylic acids is 2. The lowest BCUT2D eigenvalue weighted by molar-refractivity contribution is -0.134. The van der Waals surface area contributed by atoms with Crippen LogP contribution in [0.15, 0.2) is 34.5 Å². The molecular formula is C24H29N3O4S2. The molecule has 9 heteroatoms. The molecule has 0 aliphatic carbocycles. The lowest BCUT2D eigenvalue weighted by Gasteiger charge is -2.31. The highest BCUT2D eigenvalue weighted by atomic mass is 32.2. The van der Waals surface area contributed by atoms with Crippen LogP contribution in [0.25, 0.3) is 0 Å². The van der Waals surface area contributed by atoms with E-state index in [0.29, 0.717) is 37.6 Å². The number of sulfonamides is 1. The Morgan fingerprint density at radius 1 is 0.879 bits per heavy atom. The average Bonchev–Trinajstić information content (AvgIpc) is 3.53. The lowest BCUT2D eigenvalue weighted by atomic mass is 10.0. The summed E-state index contributed by atoms with van der Waals surface area (Å²) in [6.45, 7) is 3.08. The second-order valence-electron chi connectivity index (χ2n) is 8.98. The number of hydrogen-bond donors (Lipinski definition) is 0. The Kier molecular flexibility index (Phi) is 6.28. The Morgan fingerprint density at radius 2 is 1.67 bits per heavy atom. The maximum Gasteiger partial charge on any atom is 0.243 e. The van der Waals surface area contributed by atoms with Gasteiger partial charge in [-0.3, -0.25) is 9.59 Å². The Labute approximate surface area is 199 Å². The number of fused-ring (bicyclic) bond motifs is 2. The van der Waals surface area contributed by atoms with E-state index < -0.39 is 10.0 Å². The van der Waals surface area contributed by atoms with Crippen LogP contribution in [0.1, 0.15) is 48.1 Å². The van der Waals surface area contributed by atoms with E-state index in [1.165, 1.54) is 10.4 Å². The summed E-state index contributed by atoms with van der Waals surface area (Å²) in [5.41, 5.74) is 2.89. The number of benzene rings is 1. The van der Waals surface area contributed by atoms with Crippen molar-refractivity contribution in [1.29, 1.82) is 0 Å². The van der Waals surface area contributed by atoms with Gasteiger partial charge in [0.15, 0.2) is 0 Å². The first kappa shape index (κ1) is 22.6. The molecule has 0 atom stereocenters. The zero-order valence-corrected chi connectivity index (χ0v) is 20.3. The molecule has 2 aromatic rings. The summed E-state index contributed by atoms with van der Waals surface area (Å²) >= 11 is 1.74. The molecule has 1 saturated heterocycles. The molecule has 7 nitrogen and oxygen atoms in total. The number of thiophene rings is 1. The van der Waals surface area contributed by atoms with E-state index in [1.54, 1.807) is 38.7 Å². The molecule has 3 aliphatic rings. The van der Waals surface area contributed by atoms with Crippen molar-refractivity contribution >= 4 is 38.9 Å². The summed E-state index contributed by atoms with van der Waals surface area (Å²) in [5, 5.41) is 2.07. The second-order valence-corrected chi connectivity index (χ2v) is 11.9. The van der Waals surface area contributed by atoms with Gasteiger partial charge in [0.2, 0.25) is 21.8 Å². The third-order valence-electron chi connectivity index (χ3n) is 6.89. The van der Waals surface area contributed by atoms with Crippen LogP contribution in [0.3, 0.4) is 0 Å². The molecule has 5 rings (SSSR count). The standard InChI is InChI=1S/C24H29N3O4S2/c28-23(25-14-9-22-19(17-25)10-15-32-22)7-8-24(29)27-13-3-4-18-16-20(5-6-21(18)27)33(30,31)26-11-1-2-12-26/h5-6,10,15-16H,1-4,7-9,11-14,17H2. The monoisotopic (exact) mass is 487 g/mol. The number of carbonyl (C=O) groups is 2. The van der Waals surface area contributed by atoms with Crippen LogP contribution in [0.2, 0.25) is 0 Å². The molecule has 3 aliphatic heterocycles. The van der Waals surface area contributed by atoms with Gasteiger partial charge in [0.25, 0.3) is 0 Å². The molecule has 0 saturated carbocycles. The minimum absolute atomic E-state index is 0.0180. The van der Waals surface area contributed by atoms with Gasteiger partial charge >= 0.3 is 0 Å². The Morgan fingerprint density at radius 3 is 2.48 bits per heavy atom. The van der Waals surface area contributed by atoms with Crippen molar-refractivity contribution in [3.05, 3.63) is 45.6 Å². The van der Waals surface area contributed by atoms with Crippen LogP contribution in [-0.4, -0.2) is 55.6 Å². The van der Waals surface area contributed by atoms with E-state index in [4.69, 9.17) is 0 Å². The first-order valence-electron chi connectivity index (χ1n) is 11.7. The van der Waals surface area contributed by atoms with Crippen molar-refractivity contribution < 1.29 is 18.0 Å². The largest absolute Gasteiger partial charge is 0.338 e. The number of aryl methyl sites for hydroxylation is 1. The number of rotatable bonds is 5. The first-order chi connectivity index (χ1) is 15.9. The molecule has 1 aromatic carbocycles. The molecule has 4 heterocycles. The third kappa shape index (κ3) is 4.46. The van der Waals surface area contributed by atoms with Crippen molar-refractivity contribution in [1.82, 2.24) is 9.21 Å². The maximum atomic E-state index is 13.0. The number of amides is 2. The predicted octanol–water partition coefficient (Wildman–Crippen LogP) is 3.18. The van der Waals surface area contributed by atoms with Crippen LogP contribution in [0.5, 0.6) is 0 Å². The average molecular weight is 488 g/mol. The van der Waals surface area contributed by atoms with E-state index in [2.05, 4.69) is 11.4 Å². The van der Waals surface area contributed by atoms with Crippen LogP contribution in [0, 0.1) is 0 Å². The second kappa shape index (κ2) is 9.19. The zero-order chi connectivity index (χ0) is 23.0. The van der Waals surface area contributed by atoms with Gasteiger partial charge in [0.1, 0.15) is 0 Å². The van der Waals surface area contributed by atoms with E-state index in [9.17, 15) is 18.0 Å². The number of anilines is 1. The Hall–Kier alpha value is -2.23. The van der Waals surface area contributed by atoms with Crippen LogP contribution in [0.4, 0.5) is 5.69 Å². The lowest BCUT2D eigenvalue weighted by Crippen LogP contribution is -2.38. The van der Waals surface area contributed by atoms with Gasteiger partial charge in [-0.25, -0.2) is 8.42 Å². The summed E-state index contributed by atoms with van der Waals surface area (Å²) in [6, 6.07) is 7.20. The maximum absolute atomic E-state index is 13.0. The molecule has 2 amide bonds. The molecule has 0 unspecified atom stereocenters. The topological polar surface area (TPSA) is 78.0 Å². The van der Waals surface area contributed by atoms with Crippen molar-refractivity contribution in [2.75, 3.05) is 31.1 Å². The molecule has 1 aromatic heterocycles. The minimum Gasteiger partial charge on any atom is -0.338 e. The fraction of sp³-hybridized carbons (Fsp3) is 0.500. The van der Waals surface area contributed by atoms with E-state index in [0.717, 1.165) is 43.4 Å². The highest BCUT2D eigenvalue weighted by molar-refractivity contribution is 7.89. The molecule has 0 N–H and O–H groups in total. The van der Waals surface area contributed by atoms with Gasteiger partial charge in [0, 0.05) is 56.1 Å². The highest BCUT2D eigenvalue weighted by Gasteiger charge is 2.30. The molecule has 0 spiro atoms. The van der Waals surface area contributed by atoms with E-state index in [-0.39, 0.29) is 24.7 Å². The summed E-state index contributed by atoms with van der Waals surface area (Å²) in [7, 11) is -3.48. The predicted molar refractivity (Wildman–Crippen MR) is 128 cm³/mol. The van der Waals surface area contributed by atoms with Gasteiger partial charge in [-0.1, -0.05) is 0 Å². The van der Waals surface area contributed by atoms with Crippen molar-refractivity contribution in [3.63, 3.8) is 0 Å². The normalized spacial score (nSPS) is 18.8. The van der Waals surface area contributed by atoms with Crippen molar-refractivity contribution in [2.45, 2.75) is 56.4 Å². The summed E-state index contributed by atoms with van der Waals surface area (Å²) < 4.78 is 27.4. The van der Waals surface area contributed by atoms with Crippen LogP contribution in [-0.2, 0) is 39.0 Å². The molecule has 1 fully saturated rings. The summed E-state index contributed by atoms with van der Waals surface area (Å²) in [5.74, 6) is -0.0582. The zero-order valence-electron chi connectivity index (χ0n) is 18.7. The van der Waals surface area contributed by atoms with Gasteiger partial charge in [0.05, 0.1) is 4.90 Å². The van der Waals surface area contributed by atoms with Crippen molar-refractivity contribution in [2.24, 2.45) is 0 Å². The van der Waals surface area contributed by atoms with E-state index in [1.807, 2.05) is 4.90 Å². The highest BCUT2D eigenvalue weighted by Crippen LogP contribution is 2.32. The third-order valence-corrected chi connectivity index (χ3v) is 9.80. The van der Waals surface area contributed by atoms with Gasteiger partial charge in [-0.05, 0) is 72.9 Å². The quantitative estimate of drug-likeness (QED) is 0.649. The summed E-state index contributed by atoms with van der Waals surface area (Å²) in [6.07, 6.45) is 4.58. The SMILES string of the molecule is O=C(CCC(=O)N1CCCc2cc(S(=O)(=O)N3CCCC3)ccc21)N1CCc2sccc2C1. The van der Waals surface area contributed by atoms with E-state index >= 15 is 0 Å². The van der Waals surface area contributed by atoms with Crippen LogP contribution >= 0.6 is 11.3 Å². The van der Waals surface area contributed by atoms with Crippen LogP contribution < -0.4 is 4.90 Å². The Bertz CT molecular complexity index is 1170. The number of hydrogen-bond acceptors (Lipinski definition) is 5.